The highest BCUT2D eigenvalue weighted by molar-refractivity contribution is 7.91. The van der Waals surface area contributed by atoms with Gasteiger partial charge >= 0.3 is 0 Å². The van der Waals surface area contributed by atoms with E-state index in [1.807, 2.05) is 43.1 Å². The van der Waals surface area contributed by atoms with Gasteiger partial charge in [-0.15, -0.1) is 0 Å². The van der Waals surface area contributed by atoms with Gasteiger partial charge in [-0.1, -0.05) is 23.7 Å². The summed E-state index contributed by atoms with van der Waals surface area (Å²) in [6.45, 7) is 1.85. The SMILES string of the molecule is Cc1nn2c(nc(N(C)C3CCS(=O)(=O)C3)c3ccccc32)c1Cl. The van der Waals surface area contributed by atoms with Crippen molar-refractivity contribution in [1.29, 1.82) is 0 Å². The number of hydrogen-bond acceptors (Lipinski definition) is 5. The van der Waals surface area contributed by atoms with Crippen LogP contribution in [0.25, 0.3) is 16.6 Å². The minimum atomic E-state index is -2.96. The summed E-state index contributed by atoms with van der Waals surface area (Å²) in [6.07, 6.45) is 0.617. The number of sulfone groups is 1. The summed E-state index contributed by atoms with van der Waals surface area (Å²) in [4.78, 5) is 6.68. The second kappa shape index (κ2) is 5.32. The van der Waals surface area contributed by atoms with Crippen molar-refractivity contribution in [2.24, 2.45) is 0 Å². The summed E-state index contributed by atoms with van der Waals surface area (Å²) in [5.41, 5.74) is 2.22. The van der Waals surface area contributed by atoms with Gasteiger partial charge in [0.05, 0.1) is 22.7 Å². The second-order valence-electron chi connectivity index (χ2n) is 6.26. The van der Waals surface area contributed by atoms with Crippen molar-refractivity contribution in [2.75, 3.05) is 23.5 Å². The van der Waals surface area contributed by atoms with E-state index < -0.39 is 9.84 Å². The third-order valence-corrected chi connectivity index (χ3v) is 6.83. The molecule has 1 aromatic carbocycles. The molecule has 1 atom stereocenters. The summed E-state index contributed by atoms with van der Waals surface area (Å²) in [5, 5.41) is 5.92. The third-order valence-electron chi connectivity index (χ3n) is 4.64. The van der Waals surface area contributed by atoms with Gasteiger partial charge in [0.1, 0.15) is 10.8 Å². The number of hydrogen-bond donors (Lipinski definition) is 0. The number of para-hydroxylation sites is 1. The van der Waals surface area contributed by atoms with E-state index in [0.29, 0.717) is 17.1 Å². The molecule has 8 heteroatoms. The first-order valence-electron chi connectivity index (χ1n) is 7.74. The van der Waals surface area contributed by atoms with Crippen LogP contribution in [0.1, 0.15) is 12.1 Å². The maximum atomic E-state index is 11.8. The summed E-state index contributed by atoms with van der Waals surface area (Å²) in [6, 6.07) is 7.75. The molecule has 1 saturated heterocycles. The zero-order valence-electron chi connectivity index (χ0n) is 13.4. The maximum Gasteiger partial charge on any atom is 0.176 e. The van der Waals surface area contributed by atoms with Crippen molar-refractivity contribution in [3.05, 3.63) is 35.0 Å². The quantitative estimate of drug-likeness (QED) is 0.698. The molecule has 0 aliphatic carbocycles. The minimum Gasteiger partial charge on any atom is -0.355 e. The monoisotopic (exact) mass is 364 g/mol. The van der Waals surface area contributed by atoms with E-state index >= 15 is 0 Å². The lowest BCUT2D eigenvalue weighted by atomic mass is 10.2. The molecule has 0 bridgehead atoms. The molecule has 0 radical (unpaired) electrons. The fraction of sp³-hybridized carbons (Fsp3) is 0.375. The number of nitrogens with zero attached hydrogens (tertiary/aromatic N) is 4. The molecule has 24 heavy (non-hydrogen) atoms. The Morgan fingerprint density at radius 1 is 1.33 bits per heavy atom. The van der Waals surface area contributed by atoms with Crippen LogP contribution in [0.3, 0.4) is 0 Å². The molecule has 0 N–H and O–H groups in total. The molecule has 4 rings (SSSR count). The molecular weight excluding hydrogens is 348 g/mol. The number of aryl methyl sites for hydroxylation is 1. The average molecular weight is 365 g/mol. The molecule has 0 saturated carbocycles. The van der Waals surface area contributed by atoms with Gasteiger partial charge in [-0.25, -0.2) is 17.9 Å². The Labute approximate surface area is 145 Å². The van der Waals surface area contributed by atoms with E-state index in [-0.39, 0.29) is 17.5 Å². The first-order valence-corrected chi connectivity index (χ1v) is 9.94. The van der Waals surface area contributed by atoms with E-state index in [0.717, 1.165) is 22.4 Å². The first kappa shape index (κ1) is 15.7. The van der Waals surface area contributed by atoms with Crippen molar-refractivity contribution in [1.82, 2.24) is 14.6 Å². The minimum absolute atomic E-state index is 0.0730. The van der Waals surface area contributed by atoms with E-state index in [9.17, 15) is 8.42 Å². The van der Waals surface area contributed by atoms with Crippen LogP contribution < -0.4 is 4.90 Å². The predicted octanol–water partition coefficient (Wildman–Crippen LogP) is 2.47. The highest BCUT2D eigenvalue weighted by atomic mass is 35.5. The highest BCUT2D eigenvalue weighted by Crippen LogP contribution is 2.32. The Hall–Kier alpha value is -1.86. The number of aromatic nitrogens is 3. The van der Waals surface area contributed by atoms with Gasteiger partial charge in [-0.05, 0) is 25.5 Å². The molecule has 126 valence electrons. The molecule has 3 heterocycles. The Morgan fingerprint density at radius 3 is 2.79 bits per heavy atom. The fourth-order valence-corrected chi connectivity index (χ4v) is 5.23. The lowest BCUT2D eigenvalue weighted by Gasteiger charge is -2.26. The number of rotatable bonds is 2. The molecule has 0 spiro atoms. The lowest BCUT2D eigenvalue weighted by Crippen LogP contribution is -2.33. The van der Waals surface area contributed by atoms with Gasteiger partial charge in [-0.2, -0.15) is 5.10 Å². The van der Waals surface area contributed by atoms with Crippen molar-refractivity contribution in [2.45, 2.75) is 19.4 Å². The van der Waals surface area contributed by atoms with Crippen LogP contribution in [0, 0.1) is 6.92 Å². The Kier molecular flexibility index (Phi) is 3.47. The van der Waals surface area contributed by atoms with Crippen LogP contribution >= 0.6 is 11.6 Å². The average Bonchev–Trinajstić information content (AvgIpc) is 3.06. The number of benzene rings is 1. The largest absolute Gasteiger partial charge is 0.355 e. The topological polar surface area (TPSA) is 67.6 Å². The maximum absolute atomic E-state index is 11.8. The van der Waals surface area contributed by atoms with E-state index in [2.05, 4.69) is 5.10 Å². The molecular formula is C16H17ClN4O2S. The Morgan fingerprint density at radius 2 is 2.08 bits per heavy atom. The Balaban J connectivity index is 1.95. The van der Waals surface area contributed by atoms with Gasteiger partial charge in [0.25, 0.3) is 0 Å². The number of anilines is 1. The molecule has 1 fully saturated rings. The van der Waals surface area contributed by atoms with Crippen molar-refractivity contribution >= 4 is 43.8 Å². The zero-order valence-corrected chi connectivity index (χ0v) is 15.0. The molecule has 0 amide bonds. The van der Waals surface area contributed by atoms with Crippen LogP contribution in [0.15, 0.2) is 24.3 Å². The van der Waals surface area contributed by atoms with Crippen molar-refractivity contribution in [3.63, 3.8) is 0 Å². The van der Waals surface area contributed by atoms with E-state index in [1.54, 1.807) is 4.52 Å². The zero-order chi connectivity index (χ0) is 17.1. The summed E-state index contributed by atoms with van der Waals surface area (Å²) in [5.74, 6) is 1.13. The molecule has 1 aliphatic rings. The van der Waals surface area contributed by atoms with Gasteiger partial charge in [-0.3, -0.25) is 0 Å². The Bertz CT molecular complexity index is 1060. The summed E-state index contributed by atoms with van der Waals surface area (Å²) in [7, 11) is -1.06. The van der Waals surface area contributed by atoms with Gasteiger partial charge in [0, 0.05) is 18.5 Å². The molecule has 6 nitrogen and oxygen atoms in total. The van der Waals surface area contributed by atoms with Crippen molar-refractivity contribution in [3.8, 4) is 0 Å². The second-order valence-corrected chi connectivity index (χ2v) is 8.86. The van der Waals surface area contributed by atoms with E-state index in [1.165, 1.54) is 0 Å². The van der Waals surface area contributed by atoms with Crippen LogP contribution in [-0.4, -0.2) is 47.6 Å². The van der Waals surface area contributed by atoms with Crippen molar-refractivity contribution < 1.29 is 8.42 Å². The van der Waals surface area contributed by atoms with Gasteiger partial charge in [0.2, 0.25) is 0 Å². The smallest absolute Gasteiger partial charge is 0.176 e. The first-order chi connectivity index (χ1) is 11.4. The highest BCUT2D eigenvalue weighted by Gasteiger charge is 2.32. The summed E-state index contributed by atoms with van der Waals surface area (Å²) < 4.78 is 25.4. The normalized spacial score (nSPS) is 20.0. The number of halogens is 1. The predicted molar refractivity (Wildman–Crippen MR) is 95.7 cm³/mol. The van der Waals surface area contributed by atoms with Gasteiger partial charge in [0.15, 0.2) is 15.5 Å². The molecule has 1 unspecified atom stereocenters. The van der Waals surface area contributed by atoms with Crippen LogP contribution in [0.4, 0.5) is 5.82 Å². The van der Waals surface area contributed by atoms with Crippen LogP contribution in [0.2, 0.25) is 5.02 Å². The summed E-state index contributed by atoms with van der Waals surface area (Å²) >= 11 is 6.36. The van der Waals surface area contributed by atoms with Crippen LogP contribution in [0.5, 0.6) is 0 Å². The number of fused-ring (bicyclic) bond motifs is 3. The van der Waals surface area contributed by atoms with Crippen LogP contribution in [-0.2, 0) is 9.84 Å². The molecule has 2 aromatic heterocycles. The molecule has 3 aromatic rings. The van der Waals surface area contributed by atoms with Gasteiger partial charge < -0.3 is 4.90 Å². The third kappa shape index (κ3) is 2.34. The van der Waals surface area contributed by atoms with E-state index in [4.69, 9.17) is 16.6 Å². The lowest BCUT2D eigenvalue weighted by molar-refractivity contribution is 0.600. The standard InChI is InChI=1S/C16H17ClN4O2S/c1-10-14(17)16-18-15(20(2)11-7-8-24(22,23)9-11)12-5-3-4-6-13(12)21(16)19-10/h3-6,11H,7-9H2,1-2H3. The molecule has 1 aliphatic heterocycles. The fourth-order valence-electron chi connectivity index (χ4n) is 3.29.